The number of primary amides is 1. The summed E-state index contributed by atoms with van der Waals surface area (Å²) in [5.74, 6) is -0.630. The molecule has 1 atom stereocenters. The number of amides is 1. The molecule has 3 nitrogen and oxygen atoms in total. The summed E-state index contributed by atoms with van der Waals surface area (Å²) in [6, 6.07) is 0. The zero-order valence-corrected chi connectivity index (χ0v) is 10.6. The van der Waals surface area contributed by atoms with E-state index in [0.717, 1.165) is 19.3 Å². The van der Waals surface area contributed by atoms with Gasteiger partial charge >= 0.3 is 0 Å². The average Bonchev–Trinajstić information content (AvgIpc) is 2.14. The van der Waals surface area contributed by atoms with Gasteiger partial charge in [-0.05, 0) is 23.7 Å². The van der Waals surface area contributed by atoms with Crippen LogP contribution in [0.2, 0.25) is 0 Å². The second kappa shape index (κ2) is 4.97. The van der Waals surface area contributed by atoms with Crippen LogP contribution in [0.1, 0.15) is 53.9 Å². The lowest BCUT2D eigenvalue weighted by atomic mass is 9.75. The molecule has 0 radical (unpaired) electrons. The zero-order chi connectivity index (χ0) is 12.3. The van der Waals surface area contributed by atoms with Crippen molar-refractivity contribution in [3.8, 4) is 0 Å². The van der Waals surface area contributed by atoms with Gasteiger partial charge in [-0.1, -0.05) is 41.0 Å². The molecule has 0 saturated carbocycles. The molecule has 3 heteroatoms. The molecule has 0 aliphatic carbocycles. The summed E-state index contributed by atoms with van der Waals surface area (Å²) in [5, 5.41) is 9.65. The van der Waals surface area contributed by atoms with Gasteiger partial charge in [-0.15, -0.1) is 0 Å². The van der Waals surface area contributed by atoms with E-state index in [2.05, 4.69) is 20.8 Å². The van der Waals surface area contributed by atoms with Gasteiger partial charge in [-0.2, -0.15) is 0 Å². The normalized spacial score (nSPS) is 15.1. The summed E-state index contributed by atoms with van der Waals surface area (Å²) < 4.78 is 0. The van der Waals surface area contributed by atoms with Gasteiger partial charge in [0.1, 0.15) is 6.10 Å². The van der Waals surface area contributed by atoms with Crippen LogP contribution in [0.5, 0.6) is 0 Å². The van der Waals surface area contributed by atoms with Gasteiger partial charge in [-0.3, -0.25) is 4.79 Å². The molecule has 3 N–H and O–H groups in total. The van der Waals surface area contributed by atoms with E-state index in [1.807, 2.05) is 13.8 Å². The monoisotopic (exact) mass is 215 g/mol. The molecule has 1 unspecified atom stereocenters. The summed E-state index contributed by atoms with van der Waals surface area (Å²) in [6.07, 6.45) is 1.83. The van der Waals surface area contributed by atoms with Crippen LogP contribution < -0.4 is 5.73 Å². The van der Waals surface area contributed by atoms with Crippen molar-refractivity contribution >= 4 is 5.91 Å². The second-order valence-corrected chi connectivity index (χ2v) is 5.81. The lowest BCUT2D eigenvalue weighted by molar-refractivity contribution is -0.132. The molecular formula is C12H25NO2. The number of carbonyl (C=O) groups is 1. The molecule has 0 heterocycles. The molecule has 0 fully saturated rings. The third kappa shape index (κ3) is 4.65. The van der Waals surface area contributed by atoms with Crippen molar-refractivity contribution in [1.29, 1.82) is 0 Å². The van der Waals surface area contributed by atoms with Crippen LogP contribution in [0, 0.1) is 10.8 Å². The number of rotatable bonds is 6. The van der Waals surface area contributed by atoms with E-state index in [4.69, 9.17) is 5.73 Å². The number of hydrogen-bond acceptors (Lipinski definition) is 2. The summed E-state index contributed by atoms with van der Waals surface area (Å²) >= 11 is 0. The highest BCUT2D eigenvalue weighted by atomic mass is 16.3. The summed E-state index contributed by atoms with van der Waals surface area (Å²) in [5.41, 5.74) is 4.93. The van der Waals surface area contributed by atoms with Crippen LogP contribution in [0.4, 0.5) is 0 Å². The molecule has 0 aliphatic rings. The Hall–Kier alpha value is -0.570. The minimum atomic E-state index is -1.05. The minimum absolute atomic E-state index is 0.259. The fourth-order valence-electron chi connectivity index (χ4n) is 1.36. The number of carbonyl (C=O) groups excluding carboxylic acids is 1. The van der Waals surface area contributed by atoms with E-state index in [0.29, 0.717) is 0 Å². The first-order valence-corrected chi connectivity index (χ1v) is 5.60. The molecule has 0 bridgehead atoms. The van der Waals surface area contributed by atoms with E-state index in [1.54, 1.807) is 0 Å². The predicted octanol–water partition coefficient (Wildman–Crippen LogP) is 2.08. The third-order valence-electron chi connectivity index (χ3n) is 3.41. The predicted molar refractivity (Wildman–Crippen MR) is 62.3 cm³/mol. The molecule has 90 valence electrons. The molecular weight excluding hydrogens is 190 g/mol. The first kappa shape index (κ1) is 14.4. The molecule has 0 aromatic heterocycles. The standard InChI is InChI=1S/C12H25NO2/c1-6-11(2,3)7-8-12(4,5)9(14)10(13)15/h9,14H,6-8H2,1-5H3,(H2,13,15). The van der Waals surface area contributed by atoms with Crippen LogP contribution in [-0.4, -0.2) is 17.1 Å². The summed E-state index contributed by atoms with van der Waals surface area (Å²) in [4.78, 5) is 10.9. The van der Waals surface area contributed by atoms with Crippen molar-refractivity contribution in [3.05, 3.63) is 0 Å². The highest BCUT2D eigenvalue weighted by Gasteiger charge is 2.33. The van der Waals surface area contributed by atoms with E-state index in [-0.39, 0.29) is 5.41 Å². The van der Waals surface area contributed by atoms with Crippen molar-refractivity contribution in [1.82, 2.24) is 0 Å². The maximum Gasteiger partial charge on any atom is 0.246 e. The fraction of sp³-hybridized carbons (Fsp3) is 0.917. The Morgan fingerprint density at radius 2 is 1.73 bits per heavy atom. The Balaban J connectivity index is 4.33. The Morgan fingerprint density at radius 1 is 1.27 bits per heavy atom. The first-order chi connectivity index (χ1) is 6.62. The lowest BCUT2D eigenvalue weighted by Crippen LogP contribution is -2.41. The molecule has 0 aromatic carbocycles. The van der Waals surface area contributed by atoms with E-state index < -0.39 is 17.4 Å². The van der Waals surface area contributed by atoms with E-state index in [9.17, 15) is 9.90 Å². The number of aliphatic hydroxyl groups is 1. The topological polar surface area (TPSA) is 63.3 Å². The molecule has 15 heavy (non-hydrogen) atoms. The van der Waals surface area contributed by atoms with Crippen LogP contribution >= 0.6 is 0 Å². The van der Waals surface area contributed by atoms with Gasteiger partial charge < -0.3 is 10.8 Å². The third-order valence-corrected chi connectivity index (χ3v) is 3.41. The second-order valence-electron chi connectivity index (χ2n) is 5.81. The van der Waals surface area contributed by atoms with Crippen molar-refractivity contribution in [2.24, 2.45) is 16.6 Å². The van der Waals surface area contributed by atoms with Crippen LogP contribution in [0.3, 0.4) is 0 Å². The van der Waals surface area contributed by atoms with Gasteiger partial charge in [0, 0.05) is 0 Å². The van der Waals surface area contributed by atoms with Crippen LogP contribution in [0.25, 0.3) is 0 Å². The van der Waals surface area contributed by atoms with Crippen molar-refractivity contribution in [2.45, 2.75) is 60.0 Å². The summed E-state index contributed by atoms with van der Waals surface area (Å²) in [7, 11) is 0. The smallest absolute Gasteiger partial charge is 0.246 e. The highest BCUT2D eigenvalue weighted by Crippen LogP contribution is 2.34. The Labute approximate surface area is 93.0 Å². The molecule has 0 aliphatic heterocycles. The van der Waals surface area contributed by atoms with Gasteiger partial charge in [0.15, 0.2) is 0 Å². The minimum Gasteiger partial charge on any atom is -0.383 e. The van der Waals surface area contributed by atoms with Gasteiger partial charge in [0.25, 0.3) is 0 Å². The van der Waals surface area contributed by atoms with Crippen LogP contribution in [-0.2, 0) is 4.79 Å². The molecule has 0 spiro atoms. The van der Waals surface area contributed by atoms with Gasteiger partial charge in [0.05, 0.1) is 0 Å². The molecule has 0 saturated heterocycles. The SMILES string of the molecule is CCC(C)(C)CCC(C)(C)C(O)C(N)=O. The molecule has 0 rings (SSSR count). The highest BCUT2D eigenvalue weighted by molar-refractivity contribution is 5.79. The van der Waals surface area contributed by atoms with E-state index in [1.165, 1.54) is 0 Å². The van der Waals surface area contributed by atoms with Crippen molar-refractivity contribution < 1.29 is 9.90 Å². The molecule has 1 amide bonds. The van der Waals surface area contributed by atoms with Gasteiger partial charge in [-0.25, -0.2) is 0 Å². The fourth-order valence-corrected chi connectivity index (χ4v) is 1.36. The number of nitrogens with two attached hydrogens (primary N) is 1. The summed E-state index contributed by atoms with van der Waals surface area (Å²) in [6.45, 7) is 10.3. The van der Waals surface area contributed by atoms with Gasteiger partial charge in [0.2, 0.25) is 5.91 Å². The Morgan fingerprint density at radius 3 is 2.07 bits per heavy atom. The Bertz CT molecular complexity index is 222. The first-order valence-electron chi connectivity index (χ1n) is 5.60. The maximum atomic E-state index is 10.9. The number of aliphatic hydroxyl groups excluding tert-OH is 1. The van der Waals surface area contributed by atoms with Crippen LogP contribution in [0.15, 0.2) is 0 Å². The Kier molecular flexibility index (Phi) is 4.78. The maximum absolute atomic E-state index is 10.9. The molecule has 0 aromatic rings. The largest absolute Gasteiger partial charge is 0.383 e. The quantitative estimate of drug-likeness (QED) is 0.712. The lowest BCUT2D eigenvalue weighted by Gasteiger charge is -2.32. The average molecular weight is 215 g/mol. The van der Waals surface area contributed by atoms with Crippen molar-refractivity contribution in [3.63, 3.8) is 0 Å². The van der Waals surface area contributed by atoms with E-state index >= 15 is 0 Å². The van der Waals surface area contributed by atoms with Crippen molar-refractivity contribution in [2.75, 3.05) is 0 Å². The zero-order valence-electron chi connectivity index (χ0n) is 10.6. The number of hydrogen-bond donors (Lipinski definition) is 2.